The SMILES string of the molecule is CCc1cccc(-c2cccc3c2/C(=C/c2[nH]cc(CC(=O)N4CCOCC4)c2C)C(=O)N3)c1.NCCNC=O. The van der Waals surface area contributed by atoms with Gasteiger partial charge in [-0.1, -0.05) is 43.3 Å². The minimum absolute atomic E-state index is 0.103. The number of morpholine rings is 1. The highest BCUT2D eigenvalue weighted by molar-refractivity contribution is 6.36. The molecule has 1 aromatic heterocycles. The summed E-state index contributed by atoms with van der Waals surface area (Å²) < 4.78 is 5.35. The first-order chi connectivity index (χ1) is 19.5. The van der Waals surface area contributed by atoms with Gasteiger partial charge in [0.2, 0.25) is 12.3 Å². The number of amides is 3. The van der Waals surface area contributed by atoms with Crippen molar-refractivity contribution >= 4 is 35.6 Å². The van der Waals surface area contributed by atoms with Gasteiger partial charge in [0.25, 0.3) is 5.91 Å². The number of aromatic nitrogens is 1. The van der Waals surface area contributed by atoms with Crippen molar-refractivity contribution in [2.45, 2.75) is 26.7 Å². The van der Waals surface area contributed by atoms with Crippen LogP contribution in [0.15, 0.2) is 48.7 Å². The van der Waals surface area contributed by atoms with E-state index in [1.165, 1.54) is 5.56 Å². The van der Waals surface area contributed by atoms with Crippen molar-refractivity contribution in [2.75, 3.05) is 44.7 Å². The lowest BCUT2D eigenvalue weighted by molar-refractivity contribution is -0.134. The molecule has 0 aliphatic carbocycles. The van der Waals surface area contributed by atoms with Gasteiger partial charge in [-0.05, 0) is 53.3 Å². The van der Waals surface area contributed by atoms with Crippen LogP contribution in [0.4, 0.5) is 5.69 Å². The minimum Gasteiger partial charge on any atom is -0.378 e. The van der Waals surface area contributed by atoms with Gasteiger partial charge in [-0.2, -0.15) is 0 Å². The van der Waals surface area contributed by atoms with Gasteiger partial charge in [-0.3, -0.25) is 14.4 Å². The Kier molecular flexibility index (Phi) is 9.88. The predicted octanol–water partition coefficient (Wildman–Crippen LogP) is 3.14. The Balaban J connectivity index is 0.000000557. The zero-order chi connectivity index (χ0) is 28.5. The van der Waals surface area contributed by atoms with Gasteiger partial charge in [0, 0.05) is 49.3 Å². The molecule has 3 aromatic rings. The maximum atomic E-state index is 13.0. The monoisotopic (exact) mass is 543 g/mol. The average molecular weight is 544 g/mol. The topological polar surface area (TPSA) is 130 Å². The number of aryl methyl sites for hydroxylation is 1. The van der Waals surface area contributed by atoms with Crippen LogP contribution >= 0.6 is 0 Å². The number of nitrogens with two attached hydrogens (primary N) is 1. The summed E-state index contributed by atoms with van der Waals surface area (Å²) in [6, 6.07) is 14.4. The lowest BCUT2D eigenvalue weighted by Crippen LogP contribution is -2.41. The lowest BCUT2D eigenvalue weighted by atomic mass is 9.93. The van der Waals surface area contributed by atoms with Crippen LogP contribution in [0.5, 0.6) is 0 Å². The van der Waals surface area contributed by atoms with Gasteiger partial charge < -0.3 is 31.0 Å². The Morgan fingerprint density at radius 3 is 2.65 bits per heavy atom. The lowest BCUT2D eigenvalue weighted by Gasteiger charge is -2.26. The van der Waals surface area contributed by atoms with E-state index in [2.05, 4.69) is 52.9 Å². The first-order valence-corrected chi connectivity index (χ1v) is 13.6. The number of fused-ring (bicyclic) bond motifs is 1. The minimum atomic E-state index is -0.117. The zero-order valence-corrected chi connectivity index (χ0v) is 23.1. The van der Waals surface area contributed by atoms with Gasteiger partial charge >= 0.3 is 0 Å². The molecule has 0 unspecified atom stereocenters. The Labute approximate surface area is 234 Å². The van der Waals surface area contributed by atoms with Gasteiger partial charge in [-0.15, -0.1) is 0 Å². The fourth-order valence-electron chi connectivity index (χ4n) is 4.85. The molecule has 0 saturated carbocycles. The summed E-state index contributed by atoms with van der Waals surface area (Å²) in [4.78, 5) is 40.2. The highest BCUT2D eigenvalue weighted by Gasteiger charge is 2.28. The number of aromatic amines is 1. The van der Waals surface area contributed by atoms with Crippen LogP contribution in [0.1, 0.15) is 34.9 Å². The highest BCUT2D eigenvalue weighted by atomic mass is 16.5. The largest absolute Gasteiger partial charge is 0.378 e. The second kappa shape index (κ2) is 13.7. The van der Waals surface area contributed by atoms with E-state index in [0.717, 1.165) is 45.6 Å². The van der Waals surface area contributed by atoms with Crippen molar-refractivity contribution < 1.29 is 19.1 Å². The normalized spacial score (nSPS) is 15.2. The molecule has 2 aliphatic heterocycles. The van der Waals surface area contributed by atoms with Gasteiger partial charge in [0.1, 0.15) is 0 Å². The van der Waals surface area contributed by atoms with Gasteiger partial charge in [0.15, 0.2) is 0 Å². The van der Waals surface area contributed by atoms with Crippen molar-refractivity contribution in [1.29, 1.82) is 0 Å². The number of H-pyrrole nitrogens is 1. The van der Waals surface area contributed by atoms with Crippen molar-refractivity contribution in [2.24, 2.45) is 5.73 Å². The average Bonchev–Trinajstić information content (AvgIpc) is 3.50. The first kappa shape index (κ1) is 28.8. The number of nitrogens with zero attached hydrogens (tertiary/aromatic N) is 1. The number of carbonyl (C=O) groups excluding carboxylic acids is 3. The Bertz CT molecular complexity index is 1390. The number of hydrogen-bond donors (Lipinski definition) is 4. The second-order valence-electron chi connectivity index (χ2n) is 9.68. The maximum absolute atomic E-state index is 13.0. The number of anilines is 1. The quantitative estimate of drug-likeness (QED) is 0.197. The number of rotatable bonds is 8. The molecule has 210 valence electrons. The van der Waals surface area contributed by atoms with E-state index < -0.39 is 0 Å². The van der Waals surface area contributed by atoms with Crippen molar-refractivity contribution in [3.8, 4) is 11.1 Å². The molecule has 0 atom stereocenters. The number of nitrogens with one attached hydrogen (secondary N) is 3. The Morgan fingerprint density at radius 1 is 1.18 bits per heavy atom. The van der Waals surface area contributed by atoms with Crippen molar-refractivity contribution in [3.05, 3.63) is 76.6 Å². The molecule has 2 aromatic carbocycles. The summed E-state index contributed by atoms with van der Waals surface area (Å²) in [6.07, 6.45) is 5.71. The Hall–Kier alpha value is -4.21. The third-order valence-corrected chi connectivity index (χ3v) is 7.13. The molecule has 5 rings (SSSR count). The number of ether oxygens (including phenoxy) is 1. The van der Waals surface area contributed by atoms with Crippen LogP contribution in [0.3, 0.4) is 0 Å². The number of hydrogen-bond acceptors (Lipinski definition) is 5. The summed E-state index contributed by atoms with van der Waals surface area (Å²) in [5.74, 6) is -0.0133. The van der Waals surface area contributed by atoms with Gasteiger partial charge in [0.05, 0.1) is 25.2 Å². The van der Waals surface area contributed by atoms with E-state index in [1.54, 1.807) is 0 Å². The molecule has 9 nitrogen and oxygen atoms in total. The molecule has 2 aliphatic rings. The van der Waals surface area contributed by atoms with E-state index in [0.29, 0.717) is 57.8 Å². The molecular weight excluding hydrogens is 506 g/mol. The van der Waals surface area contributed by atoms with Crippen LogP contribution < -0.4 is 16.4 Å². The van der Waals surface area contributed by atoms with Crippen LogP contribution in [-0.2, 0) is 32.0 Å². The third-order valence-electron chi connectivity index (χ3n) is 7.13. The molecule has 40 heavy (non-hydrogen) atoms. The third kappa shape index (κ3) is 6.67. The summed E-state index contributed by atoms with van der Waals surface area (Å²) in [5.41, 5.74) is 13.5. The van der Waals surface area contributed by atoms with E-state index in [9.17, 15) is 14.4 Å². The second-order valence-corrected chi connectivity index (χ2v) is 9.68. The smallest absolute Gasteiger partial charge is 0.256 e. The summed E-state index contributed by atoms with van der Waals surface area (Å²) in [5, 5.41) is 5.41. The molecule has 5 N–H and O–H groups in total. The summed E-state index contributed by atoms with van der Waals surface area (Å²) >= 11 is 0. The van der Waals surface area contributed by atoms with Crippen LogP contribution in [0.25, 0.3) is 22.8 Å². The predicted molar refractivity (Wildman–Crippen MR) is 158 cm³/mol. The standard InChI is InChI=1S/C28H29N3O3.C3H8N2O/c1-3-19-6-4-7-20(14-19)22-8-5-9-24-27(22)23(28(33)30-24)16-25-18(2)21(17-29-25)15-26(32)31-10-12-34-13-11-31;4-1-2-5-3-6/h4-9,14,16-17,29H,3,10-13,15H2,1-2H3,(H,30,33);3H,1-2,4H2,(H,5,6)/b23-16-;. The molecule has 0 bridgehead atoms. The molecular formula is C31H37N5O4. The molecule has 3 heterocycles. The summed E-state index contributed by atoms with van der Waals surface area (Å²) in [7, 11) is 0. The maximum Gasteiger partial charge on any atom is 0.256 e. The first-order valence-electron chi connectivity index (χ1n) is 13.6. The van der Waals surface area contributed by atoms with E-state index >= 15 is 0 Å². The van der Waals surface area contributed by atoms with E-state index in [-0.39, 0.29) is 11.8 Å². The van der Waals surface area contributed by atoms with Crippen LogP contribution in [0.2, 0.25) is 0 Å². The highest BCUT2D eigenvalue weighted by Crippen LogP contribution is 2.40. The number of benzene rings is 2. The van der Waals surface area contributed by atoms with Crippen LogP contribution in [-0.4, -0.2) is 67.5 Å². The molecule has 0 radical (unpaired) electrons. The van der Waals surface area contributed by atoms with E-state index in [1.807, 2.05) is 36.2 Å². The Morgan fingerprint density at radius 2 is 1.95 bits per heavy atom. The number of carbonyl (C=O) groups is 3. The fraction of sp³-hybridized carbons (Fsp3) is 0.323. The zero-order valence-electron chi connectivity index (χ0n) is 23.1. The van der Waals surface area contributed by atoms with Crippen molar-refractivity contribution in [3.63, 3.8) is 0 Å². The van der Waals surface area contributed by atoms with E-state index in [4.69, 9.17) is 10.5 Å². The van der Waals surface area contributed by atoms with Crippen molar-refractivity contribution in [1.82, 2.24) is 15.2 Å². The summed E-state index contributed by atoms with van der Waals surface area (Å²) in [6.45, 7) is 7.68. The van der Waals surface area contributed by atoms with Gasteiger partial charge in [-0.25, -0.2) is 0 Å². The molecule has 1 fully saturated rings. The van der Waals surface area contributed by atoms with Crippen LogP contribution in [0, 0.1) is 6.92 Å². The molecule has 1 saturated heterocycles. The molecule has 3 amide bonds. The fourth-order valence-corrected chi connectivity index (χ4v) is 4.85. The molecule has 9 heteroatoms. The molecule has 0 spiro atoms.